The zero-order chi connectivity index (χ0) is 16.1. The highest BCUT2D eigenvalue weighted by Crippen LogP contribution is 2.36. The van der Waals surface area contributed by atoms with Gasteiger partial charge in [0, 0.05) is 34.6 Å². The van der Waals surface area contributed by atoms with Crippen LogP contribution < -0.4 is 0 Å². The van der Waals surface area contributed by atoms with Crippen molar-refractivity contribution in [3.63, 3.8) is 0 Å². The van der Waals surface area contributed by atoms with Crippen LogP contribution in [0.15, 0.2) is 42.5 Å². The van der Waals surface area contributed by atoms with E-state index in [2.05, 4.69) is 33.8 Å². The van der Waals surface area contributed by atoms with Gasteiger partial charge in [-0.2, -0.15) is 5.10 Å². The van der Waals surface area contributed by atoms with Gasteiger partial charge in [0.1, 0.15) is 5.52 Å². The maximum atomic E-state index is 11.4. The van der Waals surface area contributed by atoms with E-state index in [0.717, 1.165) is 33.2 Å². The first-order valence-corrected chi connectivity index (χ1v) is 7.34. The van der Waals surface area contributed by atoms with Gasteiger partial charge in [-0.25, -0.2) is 4.79 Å². The highest BCUT2D eigenvalue weighted by atomic mass is 16.4. The molecule has 5 nitrogen and oxygen atoms in total. The van der Waals surface area contributed by atoms with E-state index in [1.54, 1.807) is 12.1 Å². The van der Waals surface area contributed by atoms with Crippen molar-refractivity contribution in [2.45, 2.75) is 6.92 Å². The maximum Gasteiger partial charge on any atom is 0.337 e. The van der Waals surface area contributed by atoms with Gasteiger partial charge in [-0.15, -0.1) is 0 Å². The molecule has 0 aliphatic heterocycles. The first-order valence-electron chi connectivity index (χ1n) is 7.34. The summed E-state index contributed by atoms with van der Waals surface area (Å²) in [7, 11) is 2.03. The van der Waals surface area contributed by atoms with E-state index >= 15 is 0 Å². The van der Waals surface area contributed by atoms with Gasteiger partial charge < -0.3 is 9.67 Å². The highest BCUT2D eigenvalue weighted by Gasteiger charge is 2.19. The zero-order valence-electron chi connectivity index (χ0n) is 12.8. The molecule has 0 unspecified atom stereocenters. The van der Waals surface area contributed by atoms with Crippen LogP contribution in [0.2, 0.25) is 0 Å². The summed E-state index contributed by atoms with van der Waals surface area (Å²) in [5.74, 6) is -0.969. The number of rotatable bonds is 2. The molecule has 5 heteroatoms. The second-order valence-electron chi connectivity index (χ2n) is 5.64. The van der Waals surface area contributed by atoms with Gasteiger partial charge in [0.15, 0.2) is 0 Å². The first-order chi connectivity index (χ1) is 11.1. The number of aromatic nitrogens is 3. The van der Waals surface area contributed by atoms with Crippen molar-refractivity contribution in [1.82, 2.24) is 14.8 Å². The number of hydrogen-bond donors (Lipinski definition) is 2. The minimum atomic E-state index is -0.969. The van der Waals surface area contributed by atoms with Crippen LogP contribution in [0, 0.1) is 6.92 Å². The number of carboxylic acid groups (broad SMARTS) is 1. The highest BCUT2D eigenvalue weighted by molar-refractivity contribution is 6.09. The summed E-state index contributed by atoms with van der Waals surface area (Å²) < 4.78 is 2.14. The molecule has 2 aromatic heterocycles. The van der Waals surface area contributed by atoms with Crippen LogP contribution in [0.3, 0.4) is 0 Å². The lowest BCUT2D eigenvalue weighted by atomic mass is 10.0. The van der Waals surface area contributed by atoms with E-state index in [0.29, 0.717) is 5.52 Å². The number of nitrogens with one attached hydrogen (secondary N) is 1. The Balaban J connectivity index is 2.10. The predicted octanol–water partition coefficient (Wildman–Crippen LogP) is 3.73. The molecule has 0 amide bonds. The van der Waals surface area contributed by atoms with Gasteiger partial charge in [-0.1, -0.05) is 30.3 Å². The summed E-state index contributed by atoms with van der Waals surface area (Å²) in [4.78, 5) is 11.4. The van der Waals surface area contributed by atoms with Crippen molar-refractivity contribution in [2.75, 3.05) is 0 Å². The van der Waals surface area contributed by atoms with Crippen LogP contribution in [-0.4, -0.2) is 25.8 Å². The Hall–Kier alpha value is -3.08. The van der Waals surface area contributed by atoms with Gasteiger partial charge in [-0.3, -0.25) is 5.10 Å². The smallest absolute Gasteiger partial charge is 0.337 e. The lowest BCUT2D eigenvalue weighted by Gasteiger charge is -2.01. The Bertz CT molecular complexity index is 1070. The number of aryl methyl sites for hydroxylation is 1. The molecular formula is C18H15N3O2. The number of hydrogen-bond acceptors (Lipinski definition) is 2. The fourth-order valence-corrected chi connectivity index (χ4v) is 3.24. The quantitative estimate of drug-likeness (QED) is 0.593. The monoisotopic (exact) mass is 305 g/mol. The molecule has 0 aliphatic rings. The van der Waals surface area contributed by atoms with E-state index < -0.39 is 5.97 Å². The normalized spacial score (nSPS) is 11.4. The Morgan fingerprint density at radius 2 is 1.87 bits per heavy atom. The number of aromatic amines is 1. The van der Waals surface area contributed by atoms with Crippen molar-refractivity contribution in [3.8, 4) is 11.3 Å². The molecule has 114 valence electrons. The van der Waals surface area contributed by atoms with E-state index in [-0.39, 0.29) is 5.56 Å². The van der Waals surface area contributed by atoms with Crippen LogP contribution >= 0.6 is 0 Å². The summed E-state index contributed by atoms with van der Waals surface area (Å²) >= 11 is 0. The average molecular weight is 305 g/mol. The fraction of sp³-hybridized carbons (Fsp3) is 0.111. The summed E-state index contributed by atoms with van der Waals surface area (Å²) in [6.45, 7) is 2.06. The Morgan fingerprint density at radius 3 is 2.65 bits per heavy atom. The standard InChI is InChI=1S/C18H15N3O2/c1-10-15(11-6-3-4-9-14(11)21(10)2)17-12-7-5-8-13(18(22)23)16(12)19-20-17/h3-9H,1-2H3,(H,19,20)(H,22,23). The van der Waals surface area contributed by atoms with E-state index in [1.165, 1.54) is 0 Å². The van der Waals surface area contributed by atoms with Crippen molar-refractivity contribution >= 4 is 27.8 Å². The second-order valence-corrected chi connectivity index (χ2v) is 5.64. The molecule has 2 heterocycles. The summed E-state index contributed by atoms with van der Waals surface area (Å²) in [5, 5.41) is 18.6. The number of para-hydroxylation sites is 2. The summed E-state index contributed by atoms with van der Waals surface area (Å²) in [6, 6.07) is 13.4. The van der Waals surface area contributed by atoms with Gasteiger partial charge in [0.05, 0.1) is 11.3 Å². The maximum absolute atomic E-state index is 11.4. The molecule has 0 atom stereocenters. The molecule has 0 aliphatic carbocycles. The fourth-order valence-electron chi connectivity index (χ4n) is 3.24. The molecule has 2 aromatic carbocycles. The zero-order valence-corrected chi connectivity index (χ0v) is 12.8. The third kappa shape index (κ3) is 1.80. The predicted molar refractivity (Wildman–Crippen MR) is 89.7 cm³/mol. The van der Waals surface area contributed by atoms with E-state index in [1.807, 2.05) is 25.2 Å². The first kappa shape index (κ1) is 13.6. The van der Waals surface area contributed by atoms with Crippen LogP contribution in [0.25, 0.3) is 33.1 Å². The third-order valence-electron chi connectivity index (χ3n) is 4.46. The van der Waals surface area contributed by atoms with E-state index in [9.17, 15) is 9.90 Å². The number of carbonyl (C=O) groups is 1. The molecule has 0 saturated heterocycles. The molecule has 0 bridgehead atoms. The summed E-state index contributed by atoms with van der Waals surface area (Å²) in [6.07, 6.45) is 0. The number of nitrogens with zero attached hydrogens (tertiary/aromatic N) is 2. The largest absolute Gasteiger partial charge is 0.478 e. The van der Waals surface area contributed by atoms with Gasteiger partial charge >= 0.3 is 5.97 Å². The van der Waals surface area contributed by atoms with Gasteiger partial charge in [-0.05, 0) is 19.1 Å². The number of aromatic carboxylic acids is 1. The molecule has 23 heavy (non-hydrogen) atoms. The molecule has 0 saturated carbocycles. The lowest BCUT2D eigenvalue weighted by molar-refractivity contribution is 0.0699. The average Bonchev–Trinajstić information content (AvgIpc) is 3.08. The van der Waals surface area contributed by atoms with Crippen molar-refractivity contribution < 1.29 is 9.90 Å². The Kier molecular flexibility index (Phi) is 2.78. The Morgan fingerprint density at radius 1 is 1.13 bits per heavy atom. The molecular weight excluding hydrogens is 290 g/mol. The summed E-state index contributed by atoms with van der Waals surface area (Å²) in [5.41, 5.74) is 4.87. The molecule has 4 aromatic rings. The topological polar surface area (TPSA) is 70.9 Å². The van der Waals surface area contributed by atoms with Crippen LogP contribution in [0.5, 0.6) is 0 Å². The Labute approximate surface area is 132 Å². The van der Waals surface area contributed by atoms with Crippen LogP contribution in [-0.2, 0) is 7.05 Å². The van der Waals surface area contributed by atoms with Crippen LogP contribution in [0.1, 0.15) is 16.1 Å². The number of fused-ring (bicyclic) bond motifs is 2. The van der Waals surface area contributed by atoms with Crippen LogP contribution in [0.4, 0.5) is 0 Å². The third-order valence-corrected chi connectivity index (χ3v) is 4.46. The van der Waals surface area contributed by atoms with Gasteiger partial charge in [0.2, 0.25) is 0 Å². The number of H-pyrrole nitrogens is 1. The number of benzene rings is 2. The number of carboxylic acids is 1. The van der Waals surface area contributed by atoms with E-state index in [4.69, 9.17) is 0 Å². The van der Waals surface area contributed by atoms with Crippen molar-refractivity contribution in [3.05, 3.63) is 53.7 Å². The lowest BCUT2D eigenvalue weighted by Crippen LogP contribution is -1.96. The molecule has 2 N–H and O–H groups in total. The van der Waals surface area contributed by atoms with Crippen molar-refractivity contribution in [1.29, 1.82) is 0 Å². The molecule has 4 rings (SSSR count). The molecule has 0 radical (unpaired) electrons. The minimum Gasteiger partial charge on any atom is -0.478 e. The molecule has 0 fully saturated rings. The van der Waals surface area contributed by atoms with Crippen molar-refractivity contribution in [2.24, 2.45) is 7.05 Å². The minimum absolute atomic E-state index is 0.211. The SMILES string of the molecule is Cc1c(-c2[nH]nc3c(C(=O)O)cccc23)c2ccccc2n1C. The van der Waals surface area contributed by atoms with Gasteiger partial charge in [0.25, 0.3) is 0 Å². The molecule has 0 spiro atoms. The second kappa shape index (κ2) is 4.71.